The van der Waals surface area contributed by atoms with E-state index in [1.807, 2.05) is 51.2 Å². The van der Waals surface area contributed by atoms with Crippen molar-refractivity contribution in [2.24, 2.45) is 0 Å². The fourth-order valence-corrected chi connectivity index (χ4v) is 2.38. The van der Waals surface area contributed by atoms with Crippen LogP contribution in [0.5, 0.6) is 5.75 Å². The van der Waals surface area contributed by atoms with Crippen LogP contribution in [0, 0.1) is 6.92 Å². The van der Waals surface area contributed by atoms with Gasteiger partial charge in [-0.3, -0.25) is 5.10 Å². The van der Waals surface area contributed by atoms with Crippen LogP contribution in [0.25, 0.3) is 0 Å². The van der Waals surface area contributed by atoms with E-state index in [4.69, 9.17) is 4.74 Å². The fraction of sp³-hybridized carbons (Fsp3) is 0.471. The van der Waals surface area contributed by atoms with Gasteiger partial charge in [-0.2, -0.15) is 5.10 Å². The average Bonchev–Trinajstić information content (AvgIpc) is 2.90. The average molecular weight is 303 g/mol. The van der Waals surface area contributed by atoms with E-state index in [9.17, 15) is 5.11 Å². The Morgan fingerprint density at radius 3 is 2.73 bits per heavy atom. The lowest BCUT2D eigenvalue weighted by molar-refractivity contribution is 0.169. The predicted octanol–water partition coefficient (Wildman–Crippen LogP) is 2.89. The summed E-state index contributed by atoms with van der Waals surface area (Å²) in [6.07, 6.45) is 1.36. The third kappa shape index (κ3) is 4.32. The van der Waals surface area contributed by atoms with E-state index in [-0.39, 0.29) is 12.1 Å². The molecule has 2 unspecified atom stereocenters. The van der Waals surface area contributed by atoms with Gasteiger partial charge in [0.05, 0.1) is 18.4 Å². The topological polar surface area (TPSA) is 70.2 Å². The lowest BCUT2D eigenvalue weighted by atomic mass is 10.1. The minimum Gasteiger partial charge on any atom is -0.491 e. The van der Waals surface area contributed by atoms with Crippen LogP contribution < -0.4 is 10.1 Å². The van der Waals surface area contributed by atoms with Gasteiger partial charge in [0.2, 0.25) is 0 Å². The number of hydrogen-bond acceptors (Lipinski definition) is 4. The summed E-state index contributed by atoms with van der Waals surface area (Å²) in [5, 5.41) is 20.6. The first kappa shape index (κ1) is 16.5. The molecule has 0 aliphatic rings. The normalized spacial score (nSPS) is 14.1. The van der Waals surface area contributed by atoms with Crippen LogP contribution in [0.2, 0.25) is 0 Å². The molecular formula is C17H25N3O2. The zero-order chi connectivity index (χ0) is 16.1. The van der Waals surface area contributed by atoms with Crippen LogP contribution in [-0.4, -0.2) is 28.0 Å². The van der Waals surface area contributed by atoms with E-state index in [2.05, 4.69) is 22.4 Å². The first-order valence-corrected chi connectivity index (χ1v) is 7.65. The number of hydrogen-bond donors (Lipinski definition) is 3. The van der Waals surface area contributed by atoms with Gasteiger partial charge in [-0.15, -0.1) is 0 Å². The molecule has 5 heteroatoms. The molecule has 0 saturated heterocycles. The number of aromatic amines is 1. The number of benzene rings is 1. The third-order valence-corrected chi connectivity index (χ3v) is 3.57. The summed E-state index contributed by atoms with van der Waals surface area (Å²) in [5.74, 6) is 0.783. The minimum absolute atomic E-state index is 0.120. The number of rotatable bonds is 7. The summed E-state index contributed by atoms with van der Waals surface area (Å²) in [7, 11) is 0. The highest BCUT2D eigenvalue weighted by molar-refractivity contribution is 5.30. The number of aromatic nitrogens is 2. The highest BCUT2D eigenvalue weighted by Gasteiger charge is 2.13. The van der Waals surface area contributed by atoms with E-state index in [0.29, 0.717) is 6.54 Å². The monoisotopic (exact) mass is 303 g/mol. The summed E-state index contributed by atoms with van der Waals surface area (Å²) in [5.41, 5.74) is 3.01. The van der Waals surface area contributed by atoms with Crippen molar-refractivity contribution in [2.75, 3.05) is 6.54 Å². The number of nitrogens with zero attached hydrogens (tertiary/aromatic N) is 1. The van der Waals surface area contributed by atoms with Crippen molar-refractivity contribution in [3.63, 3.8) is 0 Å². The van der Waals surface area contributed by atoms with Crippen molar-refractivity contribution < 1.29 is 9.84 Å². The van der Waals surface area contributed by atoms with Crippen molar-refractivity contribution in [3.8, 4) is 5.75 Å². The van der Waals surface area contributed by atoms with Gasteiger partial charge in [-0.05, 0) is 45.4 Å². The summed E-state index contributed by atoms with van der Waals surface area (Å²) in [6, 6.07) is 7.73. The number of nitrogens with one attached hydrogen (secondary N) is 2. The minimum atomic E-state index is -0.578. The summed E-state index contributed by atoms with van der Waals surface area (Å²) < 4.78 is 5.66. The molecule has 0 bridgehead atoms. The zero-order valence-corrected chi connectivity index (χ0v) is 13.6. The van der Waals surface area contributed by atoms with E-state index >= 15 is 0 Å². The number of aliphatic hydroxyl groups is 1. The molecule has 0 fully saturated rings. The molecule has 0 aliphatic carbocycles. The van der Waals surface area contributed by atoms with Crippen molar-refractivity contribution in [3.05, 3.63) is 47.3 Å². The second-order valence-corrected chi connectivity index (χ2v) is 5.84. The highest BCUT2D eigenvalue weighted by Crippen LogP contribution is 2.21. The fourth-order valence-electron chi connectivity index (χ4n) is 2.38. The Labute approximate surface area is 131 Å². The number of aliphatic hydroxyl groups excluding tert-OH is 1. The van der Waals surface area contributed by atoms with Gasteiger partial charge < -0.3 is 15.2 Å². The Morgan fingerprint density at radius 2 is 2.09 bits per heavy atom. The Balaban J connectivity index is 1.94. The number of ether oxygens (including phenoxy) is 1. The van der Waals surface area contributed by atoms with E-state index in [1.54, 1.807) is 0 Å². The van der Waals surface area contributed by atoms with E-state index in [1.165, 1.54) is 0 Å². The predicted molar refractivity (Wildman–Crippen MR) is 86.9 cm³/mol. The molecule has 22 heavy (non-hydrogen) atoms. The molecule has 3 N–H and O–H groups in total. The Morgan fingerprint density at radius 1 is 1.32 bits per heavy atom. The molecule has 1 aromatic carbocycles. The SMILES string of the molecule is Cc1[nH]ncc1C(C)NCC(O)c1cccc(OC(C)C)c1. The molecule has 0 saturated carbocycles. The summed E-state index contributed by atoms with van der Waals surface area (Å²) in [4.78, 5) is 0. The molecule has 1 aromatic heterocycles. The van der Waals surface area contributed by atoms with Gasteiger partial charge in [-0.25, -0.2) is 0 Å². The van der Waals surface area contributed by atoms with Gasteiger partial charge in [0, 0.05) is 23.8 Å². The molecule has 5 nitrogen and oxygen atoms in total. The van der Waals surface area contributed by atoms with Gasteiger partial charge in [-0.1, -0.05) is 12.1 Å². The van der Waals surface area contributed by atoms with Gasteiger partial charge >= 0.3 is 0 Å². The van der Waals surface area contributed by atoms with Crippen molar-refractivity contribution in [1.82, 2.24) is 15.5 Å². The van der Waals surface area contributed by atoms with Crippen molar-refractivity contribution >= 4 is 0 Å². The summed E-state index contributed by atoms with van der Waals surface area (Å²) >= 11 is 0. The standard InChI is InChI=1S/C17H25N3O2/c1-11(2)22-15-7-5-6-14(8-15)17(21)10-18-12(3)16-9-19-20-13(16)4/h5-9,11-12,17-18,21H,10H2,1-4H3,(H,19,20). The van der Waals surface area contributed by atoms with Crippen LogP contribution in [0.3, 0.4) is 0 Å². The number of aryl methyl sites for hydroxylation is 1. The van der Waals surface area contributed by atoms with Crippen LogP contribution in [0.15, 0.2) is 30.5 Å². The van der Waals surface area contributed by atoms with Crippen molar-refractivity contribution in [1.29, 1.82) is 0 Å². The Bertz CT molecular complexity index is 595. The molecule has 0 radical (unpaired) electrons. The highest BCUT2D eigenvalue weighted by atomic mass is 16.5. The Hall–Kier alpha value is -1.85. The number of H-pyrrole nitrogens is 1. The molecule has 0 aliphatic heterocycles. The van der Waals surface area contributed by atoms with E-state index < -0.39 is 6.10 Å². The van der Waals surface area contributed by atoms with Crippen LogP contribution in [0.1, 0.15) is 49.7 Å². The first-order chi connectivity index (χ1) is 10.5. The maximum atomic E-state index is 10.4. The van der Waals surface area contributed by atoms with Gasteiger partial charge in [0.1, 0.15) is 5.75 Å². The maximum absolute atomic E-state index is 10.4. The molecule has 0 amide bonds. The first-order valence-electron chi connectivity index (χ1n) is 7.65. The van der Waals surface area contributed by atoms with Gasteiger partial charge in [0.15, 0.2) is 0 Å². The van der Waals surface area contributed by atoms with Crippen LogP contribution >= 0.6 is 0 Å². The largest absolute Gasteiger partial charge is 0.491 e. The molecule has 2 rings (SSSR count). The third-order valence-electron chi connectivity index (χ3n) is 3.57. The summed E-state index contributed by atoms with van der Waals surface area (Å²) in [6.45, 7) is 8.49. The molecule has 2 aromatic rings. The smallest absolute Gasteiger partial charge is 0.120 e. The van der Waals surface area contributed by atoms with Crippen LogP contribution in [-0.2, 0) is 0 Å². The Kier molecular flexibility index (Phi) is 5.57. The second kappa shape index (κ2) is 7.42. The van der Waals surface area contributed by atoms with Gasteiger partial charge in [0.25, 0.3) is 0 Å². The zero-order valence-electron chi connectivity index (χ0n) is 13.6. The van der Waals surface area contributed by atoms with Crippen molar-refractivity contribution in [2.45, 2.75) is 45.9 Å². The maximum Gasteiger partial charge on any atom is 0.120 e. The van der Waals surface area contributed by atoms with Crippen LogP contribution in [0.4, 0.5) is 0 Å². The molecule has 0 spiro atoms. The quantitative estimate of drug-likeness (QED) is 0.735. The second-order valence-electron chi connectivity index (χ2n) is 5.84. The molecular weight excluding hydrogens is 278 g/mol. The lowest BCUT2D eigenvalue weighted by Crippen LogP contribution is -2.25. The molecule has 120 valence electrons. The molecule has 2 atom stereocenters. The lowest BCUT2D eigenvalue weighted by Gasteiger charge is -2.18. The van der Waals surface area contributed by atoms with E-state index in [0.717, 1.165) is 22.6 Å². The molecule has 1 heterocycles.